The van der Waals surface area contributed by atoms with E-state index < -0.39 is 6.10 Å². The predicted molar refractivity (Wildman–Crippen MR) is 69.4 cm³/mol. The van der Waals surface area contributed by atoms with Crippen LogP contribution in [0.3, 0.4) is 0 Å². The third-order valence-corrected chi connectivity index (χ3v) is 3.37. The molecular formula is C14H17NO4. The lowest BCUT2D eigenvalue weighted by Gasteiger charge is -2.22. The third-order valence-electron chi connectivity index (χ3n) is 3.37. The monoisotopic (exact) mass is 263 g/mol. The molecule has 1 aromatic rings. The first kappa shape index (κ1) is 12.3. The van der Waals surface area contributed by atoms with Gasteiger partial charge in [0.2, 0.25) is 5.91 Å². The Hall–Kier alpha value is -1.75. The number of nitrogens with one attached hydrogen (secondary N) is 1. The quantitative estimate of drug-likeness (QED) is 0.873. The van der Waals surface area contributed by atoms with Gasteiger partial charge in [-0.1, -0.05) is 0 Å². The van der Waals surface area contributed by atoms with Gasteiger partial charge in [0.1, 0.15) is 13.2 Å². The van der Waals surface area contributed by atoms with Crippen LogP contribution in [0.5, 0.6) is 11.5 Å². The largest absolute Gasteiger partial charge is 0.486 e. The summed E-state index contributed by atoms with van der Waals surface area (Å²) in [5.41, 5.74) is 1.26. The molecule has 19 heavy (non-hydrogen) atoms. The molecule has 1 aliphatic heterocycles. The van der Waals surface area contributed by atoms with Crippen molar-refractivity contribution in [2.45, 2.75) is 25.9 Å². The van der Waals surface area contributed by atoms with Gasteiger partial charge in [-0.05, 0) is 25.8 Å². The van der Waals surface area contributed by atoms with Crippen molar-refractivity contribution in [2.75, 3.05) is 18.5 Å². The minimum atomic E-state index is -0.676. The normalized spacial score (nSPS) is 18.8. The fourth-order valence-electron chi connectivity index (χ4n) is 2.14. The average molecular weight is 263 g/mol. The Morgan fingerprint density at radius 1 is 1.32 bits per heavy atom. The van der Waals surface area contributed by atoms with Crippen LogP contribution in [0.1, 0.15) is 31.4 Å². The number of benzene rings is 1. The number of ether oxygens (including phenoxy) is 2. The lowest BCUT2D eigenvalue weighted by atomic mass is 10.1. The van der Waals surface area contributed by atoms with Crippen LogP contribution in [-0.4, -0.2) is 24.2 Å². The van der Waals surface area contributed by atoms with Gasteiger partial charge in [0.25, 0.3) is 0 Å². The summed E-state index contributed by atoms with van der Waals surface area (Å²) in [7, 11) is 0. The van der Waals surface area contributed by atoms with Crippen molar-refractivity contribution in [3.8, 4) is 11.5 Å². The Bertz CT molecular complexity index is 508. The number of fused-ring (bicyclic) bond motifs is 1. The minimum absolute atomic E-state index is 0.0126. The first-order valence-electron chi connectivity index (χ1n) is 6.57. The Labute approximate surface area is 111 Å². The Morgan fingerprint density at radius 2 is 1.95 bits per heavy atom. The molecule has 1 amide bonds. The highest BCUT2D eigenvalue weighted by Gasteiger charge is 2.30. The maximum atomic E-state index is 11.9. The van der Waals surface area contributed by atoms with Gasteiger partial charge in [-0.15, -0.1) is 0 Å². The molecule has 2 N–H and O–H groups in total. The molecule has 1 aliphatic carbocycles. The molecule has 102 valence electrons. The zero-order valence-corrected chi connectivity index (χ0v) is 10.8. The minimum Gasteiger partial charge on any atom is -0.486 e. The summed E-state index contributed by atoms with van der Waals surface area (Å²) in [6.45, 7) is 2.66. The number of anilines is 1. The molecule has 1 fully saturated rings. The predicted octanol–water partition coefficient (Wildman–Crippen LogP) is 1.86. The van der Waals surface area contributed by atoms with Gasteiger partial charge in [0.15, 0.2) is 11.5 Å². The molecule has 1 heterocycles. The van der Waals surface area contributed by atoms with Crippen LogP contribution in [0.15, 0.2) is 12.1 Å². The van der Waals surface area contributed by atoms with Crippen molar-refractivity contribution in [3.63, 3.8) is 0 Å². The van der Waals surface area contributed by atoms with Gasteiger partial charge >= 0.3 is 0 Å². The number of hydrogen-bond acceptors (Lipinski definition) is 4. The molecule has 0 aromatic heterocycles. The first-order chi connectivity index (χ1) is 9.15. The third kappa shape index (κ3) is 2.51. The molecule has 3 rings (SSSR count). The standard InChI is InChI=1S/C14H17NO4/c1-8(16)10-6-12-13(19-5-4-18-12)7-11(10)15-14(17)9-2-3-9/h6-9,16H,2-5H2,1H3,(H,15,17)/t8-/m0/s1. The second kappa shape index (κ2) is 4.74. The SMILES string of the molecule is C[C@H](O)c1cc2c(cc1NC(=O)C1CC1)OCCO2. The number of amides is 1. The number of carbonyl (C=O) groups is 1. The van der Waals surface area contributed by atoms with E-state index in [9.17, 15) is 9.90 Å². The summed E-state index contributed by atoms with van der Waals surface area (Å²) in [6.07, 6.45) is 1.21. The fourth-order valence-corrected chi connectivity index (χ4v) is 2.14. The van der Waals surface area contributed by atoms with Gasteiger partial charge < -0.3 is 19.9 Å². The van der Waals surface area contributed by atoms with E-state index in [2.05, 4.69) is 5.32 Å². The van der Waals surface area contributed by atoms with Crippen LogP contribution < -0.4 is 14.8 Å². The summed E-state index contributed by atoms with van der Waals surface area (Å²) < 4.78 is 11.0. The van der Waals surface area contributed by atoms with E-state index in [0.717, 1.165) is 12.8 Å². The molecule has 0 saturated heterocycles. The number of carbonyl (C=O) groups excluding carboxylic acids is 1. The summed E-state index contributed by atoms with van der Waals surface area (Å²) in [6, 6.07) is 3.47. The van der Waals surface area contributed by atoms with E-state index in [1.807, 2.05) is 0 Å². The topological polar surface area (TPSA) is 67.8 Å². The van der Waals surface area contributed by atoms with E-state index in [-0.39, 0.29) is 11.8 Å². The smallest absolute Gasteiger partial charge is 0.227 e. The lowest BCUT2D eigenvalue weighted by molar-refractivity contribution is -0.117. The van der Waals surface area contributed by atoms with E-state index >= 15 is 0 Å². The summed E-state index contributed by atoms with van der Waals surface area (Å²) in [5.74, 6) is 1.36. The second-order valence-corrected chi connectivity index (χ2v) is 5.02. The molecule has 1 atom stereocenters. The lowest BCUT2D eigenvalue weighted by Crippen LogP contribution is -2.18. The maximum absolute atomic E-state index is 11.9. The second-order valence-electron chi connectivity index (χ2n) is 5.02. The molecule has 5 nitrogen and oxygen atoms in total. The molecule has 1 saturated carbocycles. The van der Waals surface area contributed by atoms with Crippen LogP contribution >= 0.6 is 0 Å². The van der Waals surface area contributed by atoms with Gasteiger partial charge in [0.05, 0.1) is 11.8 Å². The van der Waals surface area contributed by atoms with Gasteiger partial charge in [0, 0.05) is 17.5 Å². The highest BCUT2D eigenvalue weighted by molar-refractivity contribution is 5.95. The Morgan fingerprint density at radius 3 is 2.53 bits per heavy atom. The van der Waals surface area contributed by atoms with Crippen molar-refractivity contribution in [3.05, 3.63) is 17.7 Å². The first-order valence-corrected chi connectivity index (χ1v) is 6.57. The van der Waals surface area contributed by atoms with Crippen molar-refractivity contribution in [2.24, 2.45) is 5.92 Å². The highest BCUT2D eigenvalue weighted by Crippen LogP contribution is 2.39. The van der Waals surface area contributed by atoms with Gasteiger partial charge in [-0.2, -0.15) is 0 Å². The number of rotatable bonds is 3. The van der Waals surface area contributed by atoms with Crippen molar-refractivity contribution in [1.82, 2.24) is 0 Å². The van der Waals surface area contributed by atoms with Gasteiger partial charge in [-0.25, -0.2) is 0 Å². The molecule has 0 unspecified atom stereocenters. The van der Waals surface area contributed by atoms with E-state index in [1.54, 1.807) is 19.1 Å². The molecule has 2 aliphatic rings. The van der Waals surface area contributed by atoms with Crippen LogP contribution in [0.25, 0.3) is 0 Å². The zero-order valence-electron chi connectivity index (χ0n) is 10.8. The summed E-state index contributed by atoms with van der Waals surface area (Å²) in [4.78, 5) is 11.9. The molecule has 1 aromatic carbocycles. The number of aliphatic hydroxyl groups is 1. The van der Waals surface area contributed by atoms with E-state index in [0.29, 0.717) is 36.0 Å². The van der Waals surface area contributed by atoms with Crippen LogP contribution in [0.2, 0.25) is 0 Å². The molecule has 0 bridgehead atoms. The van der Waals surface area contributed by atoms with E-state index in [4.69, 9.17) is 9.47 Å². The fraction of sp³-hybridized carbons (Fsp3) is 0.500. The Balaban J connectivity index is 1.93. The van der Waals surface area contributed by atoms with Crippen molar-refractivity contribution in [1.29, 1.82) is 0 Å². The molecule has 0 radical (unpaired) electrons. The number of hydrogen-bond donors (Lipinski definition) is 2. The van der Waals surface area contributed by atoms with Crippen LogP contribution in [0, 0.1) is 5.92 Å². The number of aliphatic hydroxyl groups excluding tert-OH is 1. The Kier molecular flexibility index (Phi) is 3.06. The van der Waals surface area contributed by atoms with Crippen molar-refractivity contribution >= 4 is 11.6 Å². The molecule has 5 heteroatoms. The zero-order chi connectivity index (χ0) is 13.4. The average Bonchev–Trinajstić information content (AvgIpc) is 3.22. The van der Waals surface area contributed by atoms with Gasteiger partial charge in [-0.3, -0.25) is 4.79 Å². The summed E-state index contributed by atoms with van der Waals surface area (Å²) >= 11 is 0. The summed E-state index contributed by atoms with van der Waals surface area (Å²) in [5, 5.41) is 12.7. The van der Waals surface area contributed by atoms with Crippen LogP contribution in [0.4, 0.5) is 5.69 Å². The molecule has 0 spiro atoms. The van der Waals surface area contributed by atoms with Crippen molar-refractivity contribution < 1.29 is 19.4 Å². The molecular weight excluding hydrogens is 246 g/mol. The maximum Gasteiger partial charge on any atom is 0.227 e. The highest BCUT2D eigenvalue weighted by atomic mass is 16.6. The van der Waals surface area contributed by atoms with E-state index in [1.165, 1.54) is 0 Å². The van der Waals surface area contributed by atoms with Crippen LogP contribution in [-0.2, 0) is 4.79 Å².